The predicted molar refractivity (Wildman–Crippen MR) is 145 cm³/mol. The van der Waals surface area contributed by atoms with E-state index in [-0.39, 0.29) is 24.7 Å². The van der Waals surface area contributed by atoms with Gasteiger partial charge in [-0.2, -0.15) is 0 Å². The topological polar surface area (TPSA) is 94.2 Å². The number of carbonyl (C=O) groups is 3. The third-order valence-corrected chi connectivity index (χ3v) is 7.66. The second-order valence-electron chi connectivity index (χ2n) is 12.1. The van der Waals surface area contributed by atoms with Crippen LogP contribution in [0.15, 0.2) is 48.5 Å². The van der Waals surface area contributed by atoms with Crippen molar-refractivity contribution in [1.82, 2.24) is 10.2 Å². The van der Waals surface area contributed by atoms with Gasteiger partial charge >= 0.3 is 18.2 Å². The summed E-state index contributed by atoms with van der Waals surface area (Å²) in [6, 6.07) is 15.4. The molecule has 208 valence electrons. The molecule has 0 aliphatic heterocycles. The zero-order valence-corrected chi connectivity index (χ0v) is 23.2. The molecule has 0 heterocycles. The van der Waals surface area contributed by atoms with Crippen molar-refractivity contribution >= 4 is 18.2 Å². The zero-order chi connectivity index (χ0) is 27.8. The highest BCUT2D eigenvalue weighted by Crippen LogP contribution is 2.47. The fourth-order valence-electron chi connectivity index (χ4n) is 5.02. The zero-order valence-electron chi connectivity index (χ0n) is 23.2. The maximum absolute atomic E-state index is 12.9. The van der Waals surface area contributed by atoms with E-state index < -0.39 is 17.2 Å². The first kappa shape index (κ1) is 27.0. The molecule has 0 radical (unpaired) electrons. The van der Waals surface area contributed by atoms with Crippen molar-refractivity contribution in [2.75, 3.05) is 13.7 Å². The number of alkyl carbamates (subject to hydrolysis) is 1. The standard InChI is InChI=1S/C31H38N2O6/c1-30(2,3)39-29(36)33(18-20-5-6-20)26-17-25(26)22-9-7-21(8-10-22)19-38-28(35)32-31(15-16-31)24-13-11-23(12-14-24)27(34)37-4/h7-14,20,25-26H,5-6,15-19H2,1-4H3,(H,32,35)/t25?,26-/m0/s1. The van der Waals surface area contributed by atoms with E-state index >= 15 is 0 Å². The number of ether oxygens (including phenoxy) is 3. The summed E-state index contributed by atoms with van der Waals surface area (Å²) in [5.74, 6) is 0.508. The van der Waals surface area contributed by atoms with Crippen molar-refractivity contribution in [3.8, 4) is 0 Å². The van der Waals surface area contributed by atoms with E-state index in [9.17, 15) is 14.4 Å². The SMILES string of the molecule is COC(=O)c1ccc(C2(NC(=O)OCc3ccc(C4C[C@@H]4N(CC4CC4)C(=O)OC(C)(C)C)cc3)CC2)cc1. The lowest BCUT2D eigenvalue weighted by atomic mass is 10.0. The Hall–Kier alpha value is -3.55. The lowest BCUT2D eigenvalue weighted by Crippen LogP contribution is -2.40. The van der Waals surface area contributed by atoms with E-state index in [4.69, 9.17) is 14.2 Å². The Morgan fingerprint density at radius 1 is 1.00 bits per heavy atom. The van der Waals surface area contributed by atoms with Gasteiger partial charge in [-0.05, 0) is 87.6 Å². The molecular weight excluding hydrogens is 496 g/mol. The summed E-state index contributed by atoms with van der Waals surface area (Å²) in [6.07, 6.45) is 4.25. The van der Waals surface area contributed by atoms with Crippen LogP contribution in [0.3, 0.4) is 0 Å². The lowest BCUT2D eigenvalue weighted by molar-refractivity contribution is 0.0220. The van der Waals surface area contributed by atoms with Crippen LogP contribution in [-0.2, 0) is 26.4 Å². The number of methoxy groups -OCH3 is 1. The molecule has 2 atom stereocenters. The molecule has 2 aromatic carbocycles. The van der Waals surface area contributed by atoms with Crippen molar-refractivity contribution in [2.24, 2.45) is 5.92 Å². The highest BCUT2D eigenvalue weighted by Gasteiger charge is 2.48. The van der Waals surface area contributed by atoms with Gasteiger partial charge in [0.2, 0.25) is 0 Å². The Morgan fingerprint density at radius 2 is 1.67 bits per heavy atom. The van der Waals surface area contributed by atoms with Gasteiger partial charge in [0.05, 0.1) is 18.2 Å². The Kier molecular flexibility index (Phi) is 7.31. The Morgan fingerprint density at radius 3 is 2.23 bits per heavy atom. The first-order valence-electron chi connectivity index (χ1n) is 13.8. The molecule has 39 heavy (non-hydrogen) atoms. The second-order valence-corrected chi connectivity index (χ2v) is 12.1. The molecule has 0 spiro atoms. The predicted octanol–water partition coefficient (Wildman–Crippen LogP) is 5.89. The molecule has 8 heteroatoms. The van der Waals surface area contributed by atoms with Gasteiger partial charge in [0.25, 0.3) is 0 Å². The Labute approximate surface area is 230 Å². The fraction of sp³-hybridized carbons (Fsp3) is 0.516. The van der Waals surface area contributed by atoms with Crippen LogP contribution in [0.1, 0.15) is 85.8 Å². The van der Waals surface area contributed by atoms with E-state index in [1.807, 2.05) is 49.9 Å². The van der Waals surface area contributed by atoms with Gasteiger partial charge in [0, 0.05) is 18.5 Å². The molecule has 2 amide bonds. The van der Waals surface area contributed by atoms with Gasteiger partial charge < -0.3 is 24.4 Å². The summed E-state index contributed by atoms with van der Waals surface area (Å²) in [7, 11) is 1.35. The van der Waals surface area contributed by atoms with Crippen molar-refractivity contribution < 1.29 is 28.6 Å². The lowest BCUT2D eigenvalue weighted by Gasteiger charge is -2.28. The molecule has 5 rings (SSSR count). The van der Waals surface area contributed by atoms with Crippen LogP contribution in [0.2, 0.25) is 0 Å². The summed E-state index contributed by atoms with van der Waals surface area (Å²) < 4.78 is 16.0. The van der Waals surface area contributed by atoms with Crippen LogP contribution < -0.4 is 5.32 Å². The van der Waals surface area contributed by atoms with Crippen LogP contribution in [0.5, 0.6) is 0 Å². The van der Waals surface area contributed by atoms with Gasteiger partial charge in [0.15, 0.2) is 0 Å². The molecule has 3 aliphatic rings. The van der Waals surface area contributed by atoms with Crippen molar-refractivity contribution in [2.45, 2.75) is 82.6 Å². The summed E-state index contributed by atoms with van der Waals surface area (Å²) in [6.45, 7) is 6.65. The summed E-state index contributed by atoms with van der Waals surface area (Å²) in [5, 5.41) is 3.00. The molecule has 0 aromatic heterocycles. The molecule has 1 N–H and O–H groups in total. The molecule has 3 aliphatic carbocycles. The number of hydrogen-bond acceptors (Lipinski definition) is 6. The number of carbonyl (C=O) groups excluding carboxylic acids is 3. The minimum atomic E-state index is -0.508. The maximum atomic E-state index is 12.9. The molecule has 2 aromatic rings. The minimum absolute atomic E-state index is 0.170. The van der Waals surface area contributed by atoms with Gasteiger partial charge in [-0.25, -0.2) is 14.4 Å². The van der Waals surface area contributed by atoms with Gasteiger partial charge in [-0.3, -0.25) is 0 Å². The van der Waals surface area contributed by atoms with Crippen molar-refractivity contribution in [3.05, 3.63) is 70.8 Å². The normalized spacial score (nSPS) is 20.9. The summed E-state index contributed by atoms with van der Waals surface area (Å²) >= 11 is 0. The summed E-state index contributed by atoms with van der Waals surface area (Å²) in [5.41, 5.74) is 2.55. The molecule has 0 bridgehead atoms. The monoisotopic (exact) mass is 534 g/mol. The molecule has 0 saturated heterocycles. The van der Waals surface area contributed by atoms with Crippen LogP contribution in [-0.4, -0.2) is 48.4 Å². The molecular formula is C31H38N2O6. The van der Waals surface area contributed by atoms with Crippen LogP contribution in [0.25, 0.3) is 0 Å². The number of nitrogens with one attached hydrogen (secondary N) is 1. The Balaban J connectivity index is 1.12. The third-order valence-electron chi connectivity index (χ3n) is 7.66. The Bertz CT molecular complexity index is 1210. The largest absolute Gasteiger partial charge is 0.465 e. The third kappa shape index (κ3) is 6.72. The first-order valence-corrected chi connectivity index (χ1v) is 13.8. The van der Waals surface area contributed by atoms with Crippen LogP contribution in [0, 0.1) is 5.92 Å². The van der Waals surface area contributed by atoms with Gasteiger partial charge in [-0.15, -0.1) is 0 Å². The molecule has 1 unspecified atom stereocenters. The number of rotatable bonds is 9. The molecule has 8 nitrogen and oxygen atoms in total. The van der Waals surface area contributed by atoms with E-state index in [1.54, 1.807) is 12.1 Å². The number of amides is 2. The van der Waals surface area contributed by atoms with Gasteiger partial charge in [0.1, 0.15) is 12.2 Å². The van der Waals surface area contributed by atoms with E-state index in [0.717, 1.165) is 36.9 Å². The number of nitrogens with zero attached hydrogens (tertiary/aromatic N) is 1. The highest BCUT2D eigenvalue weighted by atomic mass is 16.6. The number of esters is 1. The minimum Gasteiger partial charge on any atom is -0.465 e. The van der Waals surface area contributed by atoms with Crippen LogP contribution in [0.4, 0.5) is 9.59 Å². The quantitative estimate of drug-likeness (QED) is 0.318. The molecule has 3 fully saturated rings. The second kappa shape index (κ2) is 10.5. The average molecular weight is 535 g/mol. The highest BCUT2D eigenvalue weighted by molar-refractivity contribution is 5.89. The van der Waals surface area contributed by atoms with E-state index in [2.05, 4.69) is 17.4 Å². The number of benzene rings is 2. The first-order chi connectivity index (χ1) is 18.6. The van der Waals surface area contributed by atoms with Crippen LogP contribution >= 0.6 is 0 Å². The molecule has 3 saturated carbocycles. The van der Waals surface area contributed by atoms with E-state index in [0.29, 0.717) is 17.4 Å². The fourth-order valence-corrected chi connectivity index (χ4v) is 5.02. The average Bonchev–Trinajstić information content (AvgIpc) is 3.77. The van der Waals surface area contributed by atoms with E-state index in [1.165, 1.54) is 25.5 Å². The summed E-state index contributed by atoms with van der Waals surface area (Å²) in [4.78, 5) is 39.0. The van der Waals surface area contributed by atoms with Crippen molar-refractivity contribution in [1.29, 1.82) is 0 Å². The smallest absolute Gasteiger partial charge is 0.410 e. The number of hydrogen-bond donors (Lipinski definition) is 1. The maximum Gasteiger partial charge on any atom is 0.410 e. The van der Waals surface area contributed by atoms with Gasteiger partial charge in [-0.1, -0.05) is 36.4 Å². The van der Waals surface area contributed by atoms with Crippen molar-refractivity contribution in [3.63, 3.8) is 0 Å².